The predicted octanol–water partition coefficient (Wildman–Crippen LogP) is 5.15. The molecule has 6 heteroatoms. The van der Waals surface area contributed by atoms with Crippen molar-refractivity contribution in [2.45, 2.75) is 37.6 Å². The molecular weight excluding hydrogens is 392 g/mol. The van der Waals surface area contributed by atoms with Crippen LogP contribution in [0.25, 0.3) is 10.9 Å². The molecule has 0 aliphatic carbocycles. The van der Waals surface area contributed by atoms with E-state index in [0.717, 1.165) is 49.0 Å². The summed E-state index contributed by atoms with van der Waals surface area (Å²) in [6, 6.07) is 16.8. The average molecular weight is 423 g/mol. The van der Waals surface area contributed by atoms with Crippen molar-refractivity contribution >= 4 is 22.9 Å². The largest absolute Gasteiger partial charge is 0.497 e. The summed E-state index contributed by atoms with van der Waals surface area (Å²) in [6.45, 7) is 10.7. The summed E-state index contributed by atoms with van der Waals surface area (Å²) in [5.74, 6) is 2.21. The van der Waals surface area contributed by atoms with E-state index < -0.39 is 0 Å². The van der Waals surface area contributed by atoms with Gasteiger partial charge in [-0.05, 0) is 55.1 Å². The van der Waals surface area contributed by atoms with Crippen LogP contribution in [0.3, 0.4) is 0 Å². The number of nitrogens with zero attached hydrogens (tertiary/aromatic N) is 4. The minimum Gasteiger partial charge on any atom is -0.497 e. The second kappa shape index (κ2) is 9.33. The van der Waals surface area contributed by atoms with Gasteiger partial charge >= 0.3 is 0 Å². The Balaban J connectivity index is 1.43. The zero-order valence-corrected chi connectivity index (χ0v) is 19.0. The highest BCUT2D eigenvalue weighted by Gasteiger charge is 2.25. The topological polar surface area (TPSA) is 41.5 Å². The summed E-state index contributed by atoms with van der Waals surface area (Å²) >= 11 is 1.82. The summed E-state index contributed by atoms with van der Waals surface area (Å²) in [4.78, 5) is 13.7. The van der Waals surface area contributed by atoms with Gasteiger partial charge in [-0.1, -0.05) is 32.0 Å². The van der Waals surface area contributed by atoms with Crippen molar-refractivity contribution in [1.82, 2.24) is 19.2 Å². The van der Waals surface area contributed by atoms with Crippen LogP contribution in [0.5, 0.6) is 5.75 Å². The van der Waals surface area contributed by atoms with E-state index in [1.165, 1.54) is 10.3 Å². The van der Waals surface area contributed by atoms with E-state index in [-0.39, 0.29) is 6.04 Å². The second-order valence-electron chi connectivity index (χ2n) is 8.05. The lowest BCUT2D eigenvalue weighted by atomic mass is 10.0. The average Bonchev–Trinajstić information content (AvgIpc) is 2.78. The third-order valence-electron chi connectivity index (χ3n) is 5.69. The van der Waals surface area contributed by atoms with Crippen molar-refractivity contribution in [3.8, 4) is 5.75 Å². The number of fused-ring (bicyclic) bond motifs is 1. The number of ether oxygens (including phenoxy) is 1. The highest BCUT2D eigenvalue weighted by atomic mass is 32.2. The first-order valence-corrected chi connectivity index (χ1v) is 11.4. The van der Waals surface area contributed by atoms with Crippen LogP contribution in [0.15, 0.2) is 53.4 Å². The van der Waals surface area contributed by atoms with E-state index in [4.69, 9.17) is 14.7 Å². The Kier molecular flexibility index (Phi) is 6.56. The third-order valence-corrected chi connectivity index (χ3v) is 6.79. The molecule has 0 radical (unpaired) electrons. The first kappa shape index (κ1) is 21.1. The number of methoxy groups -OCH3 is 1. The molecule has 3 aromatic rings. The first-order valence-electron chi connectivity index (χ1n) is 10.6. The molecular formula is C24H30N4OS. The number of para-hydroxylation sites is 1. The molecule has 0 N–H and O–H groups in total. The Morgan fingerprint density at radius 2 is 1.60 bits per heavy atom. The van der Waals surface area contributed by atoms with E-state index in [0.29, 0.717) is 5.92 Å². The van der Waals surface area contributed by atoms with Crippen LogP contribution in [0.2, 0.25) is 0 Å². The molecule has 30 heavy (non-hydrogen) atoms. The Hall–Kier alpha value is -2.15. The monoisotopic (exact) mass is 422 g/mol. The van der Waals surface area contributed by atoms with Crippen molar-refractivity contribution < 1.29 is 4.74 Å². The SMILES string of the molecule is COc1ccc(SN2CCN(C(C)c3nc(C(C)C)c4ccccc4n3)CC2)cc1. The van der Waals surface area contributed by atoms with E-state index >= 15 is 0 Å². The van der Waals surface area contributed by atoms with Gasteiger partial charge in [-0.2, -0.15) is 0 Å². The van der Waals surface area contributed by atoms with E-state index in [1.54, 1.807) is 7.11 Å². The minimum absolute atomic E-state index is 0.209. The molecule has 1 saturated heterocycles. The van der Waals surface area contributed by atoms with Crippen LogP contribution >= 0.6 is 11.9 Å². The van der Waals surface area contributed by atoms with Gasteiger partial charge in [0.15, 0.2) is 0 Å². The Morgan fingerprint density at radius 1 is 0.900 bits per heavy atom. The fraction of sp³-hybridized carbons (Fsp3) is 0.417. The maximum atomic E-state index is 5.25. The molecule has 1 atom stereocenters. The van der Waals surface area contributed by atoms with Gasteiger partial charge in [0.05, 0.1) is 24.4 Å². The Morgan fingerprint density at radius 3 is 2.27 bits per heavy atom. The Bertz CT molecular complexity index is 984. The summed E-state index contributed by atoms with van der Waals surface area (Å²) in [6.07, 6.45) is 0. The number of piperazine rings is 1. The number of rotatable bonds is 6. The van der Waals surface area contributed by atoms with Crippen molar-refractivity contribution in [3.05, 3.63) is 60.0 Å². The summed E-state index contributed by atoms with van der Waals surface area (Å²) in [5.41, 5.74) is 2.20. The van der Waals surface area contributed by atoms with Crippen LogP contribution in [-0.2, 0) is 0 Å². The van der Waals surface area contributed by atoms with Crippen molar-refractivity contribution in [3.63, 3.8) is 0 Å². The van der Waals surface area contributed by atoms with Crippen LogP contribution in [0.1, 0.15) is 44.2 Å². The van der Waals surface area contributed by atoms with Gasteiger partial charge in [-0.25, -0.2) is 14.3 Å². The quantitative estimate of drug-likeness (QED) is 0.512. The van der Waals surface area contributed by atoms with Gasteiger partial charge in [-0.3, -0.25) is 4.90 Å². The van der Waals surface area contributed by atoms with Gasteiger partial charge in [0.25, 0.3) is 0 Å². The van der Waals surface area contributed by atoms with Crippen LogP contribution in [0, 0.1) is 0 Å². The lowest BCUT2D eigenvalue weighted by molar-refractivity contribution is 0.146. The minimum atomic E-state index is 0.209. The van der Waals surface area contributed by atoms with Gasteiger partial charge in [0, 0.05) is 36.5 Å². The standard InChI is InChI=1S/C24H30N4OS/c1-17(2)23-21-7-5-6-8-22(21)25-24(26-23)18(3)27-13-15-28(16-14-27)30-20-11-9-19(29-4)10-12-20/h5-12,17-18H,13-16H2,1-4H3. The third kappa shape index (κ3) is 4.61. The van der Waals surface area contributed by atoms with Gasteiger partial charge in [0.1, 0.15) is 11.6 Å². The van der Waals surface area contributed by atoms with Gasteiger partial charge in [0.2, 0.25) is 0 Å². The van der Waals surface area contributed by atoms with Crippen molar-refractivity contribution in [1.29, 1.82) is 0 Å². The molecule has 2 aromatic carbocycles. The number of hydrogen-bond acceptors (Lipinski definition) is 6. The maximum Gasteiger partial charge on any atom is 0.146 e. The molecule has 1 aliphatic heterocycles. The van der Waals surface area contributed by atoms with Crippen LogP contribution in [0.4, 0.5) is 0 Å². The fourth-order valence-electron chi connectivity index (χ4n) is 3.88. The zero-order chi connectivity index (χ0) is 21.1. The molecule has 1 fully saturated rings. The van der Waals surface area contributed by atoms with Gasteiger partial charge < -0.3 is 4.74 Å². The first-order chi connectivity index (χ1) is 14.5. The highest BCUT2D eigenvalue weighted by Crippen LogP contribution is 2.29. The summed E-state index contributed by atoms with van der Waals surface area (Å²) in [7, 11) is 1.70. The molecule has 0 spiro atoms. The zero-order valence-electron chi connectivity index (χ0n) is 18.2. The fourth-order valence-corrected chi connectivity index (χ4v) is 4.78. The number of hydrogen-bond donors (Lipinski definition) is 0. The summed E-state index contributed by atoms with van der Waals surface area (Å²) < 4.78 is 7.69. The van der Waals surface area contributed by atoms with Crippen molar-refractivity contribution in [2.24, 2.45) is 0 Å². The molecule has 1 aromatic heterocycles. The molecule has 4 rings (SSSR count). The molecule has 2 heterocycles. The highest BCUT2D eigenvalue weighted by molar-refractivity contribution is 7.97. The smallest absolute Gasteiger partial charge is 0.146 e. The second-order valence-corrected chi connectivity index (χ2v) is 9.22. The van der Waals surface area contributed by atoms with Crippen LogP contribution in [-0.4, -0.2) is 52.5 Å². The molecule has 0 saturated carbocycles. The van der Waals surface area contributed by atoms with Crippen molar-refractivity contribution in [2.75, 3.05) is 33.3 Å². The summed E-state index contributed by atoms with van der Waals surface area (Å²) in [5, 5.41) is 1.17. The van der Waals surface area contributed by atoms with E-state index in [2.05, 4.69) is 66.4 Å². The van der Waals surface area contributed by atoms with E-state index in [9.17, 15) is 0 Å². The maximum absolute atomic E-state index is 5.25. The molecule has 1 unspecified atom stereocenters. The van der Waals surface area contributed by atoms with E-state index in [1.807, 2.05) is 24.1 Å². The van der Waals surface area contributed by atoms with Gasteiger partial charge in [-0.15, -0.1) is 0 Å². The normalized spacial score (nSPS) is 16.8. The number of benzene rings is 2. The molecule has 158 valence electrons. The predicted molar refractivity (Wildman–Crippen MR) is 124 cm³/mol. The lowest BCUT2D eigenvalue weighted by Gasteiger charge is -2.37. The molecule has 0 amide bonds. The van der Waals surface area contributed by atoms with Crippen LogP contribution < -0.4 is 4.74 Å². The molecule has 5 nitrogen and oxygen atoms in total. The Labute approximate surface area is 183 Å². The lowest BCUT2D eigenvalue weighted by Crippen LogP contribution is -2.44. The molecule has 1 aliphatic rings. The number of aromatic nitrogens is 2. The molecule has 0 bridgehead atoms.